The lowest BCUT2D eigenvalue weighted by Gasteiger charge is -2.21. The Labute approximate surface area is 106 Å². The van der Waals surface area contributed by atoms with Crippen LogP contribution in [0.4, 0.5) is 0 Å². The second kappa shape index (κ2) is 5.30. The lowest BCUT2D eigenvalue weighted by Crippen LogP contribution is -2.21. The van der Waals surface area contributed by atoms with E-state index in [0.29, 0.717) is 17.0 Å². The zero-order valence-electron chi connectivity index (χ0n) is 11.3. The first-order valence-electron chi connectivity index (χ1n) is 5.53. The van der Waals surface area contributed by atoms with Crippen molar-refractivity contribution in [2.24, 2.45) is 0 Å². The summed E-state index contributed by atoms with van der Waals surface area (Å²) in [4.78, 5) is 11.1. The summed E-state index contributed by atoms with van der Waals surface area (Å²) in [5, 5.41) is 16.5. The highest BCUT2D eigenvalue weighted by Crippen LogP contribution is 2.22. The number of aromatic carboxylic acids is 1. The molecule has 0 aliphatic heterocycles. The maximum atomic E-state index is 11.1. The highest BCUT2D eigenvalue weighted by Gasteiger charge is 2.21. The van der Waals surface area contributed by atoms with Crippen LogP contribution in [0.1, 0.15) is 42.4 Å². The van der Waals surface area contributed by atoms with Gasteiger partial charge in [0.2, 0.25) is 5.88 Å². The van der Waals surface area contributed by atoms with Crippen molar-refractivity contribution in [2.75, 3.05) is 7.11 Å². The predicted molar refractivity (Wildman–Crippen MR) is 64.8 cm³/mol. The summed E-state index contributed by atoms with van der Waals surface area (Å²) < 4.78 is 10.6. The van der Waals surface area contributed by atoms with E-state index in [-0.39, 0.29) is 17.9 Å². The fourth-order valence-electron chi connectivity index (χ4n) is 1.37. The molecule has 0 unspecified atom stereocenters. The minimum absolute atomic E-state index is 0.0995. The smallest absolute Gasteiger partial charge is 0.356 e. The normalized spacial score (nSPS) is 11.4. The first kappa shape index (κ1) is 14.4. The molecule has 1 aromatic heterocycles. The molecule has 0 saturated heterocycles. The van der Waals surface area contributed by atoms with Gasteiger partial charge in [0.15, 0.2) is 5.69 Å². The van der Waals surface area contributed by atoms with Gasteiger partial charge in [-0.25, -0.2) is 4.79 Å². The van der Waals surface area contributed by atoms with E-state index in [1.807, 2.05) is 20.8 Å². The van der Waals surface area contributed by atoms with Crippen molar-refractivity contribution in [1.29, 1.82) is 0 Å². The van der Waals surface area contributed by atoms with Crippen LogP contribution >= 0.6 is 0 Å². The number of carboxylic acids is 1. The van der Waals surface area contributed by atoms with Crippen molar-refractivity contribution in [3.8, 4) is 5.88 Å². The zero-order valence-corrected chi connectivity index (χ0v) is 11.3. The number of carbonyl (C=O) groups is 1. The molecule has 6 nitrogen and oxygen atoms in total. The highest BCUT2D eigenvalue weighted by molar-refractivity contribution is 5.87. The van der Waals surface area contributed by atoms with Gasteiger partial charge >= 0.3 is 5.97 Å². The Morgan fingerprint density at radius 3 is 2.39 bits per heavy atom. The van der Waals surface area contributed by atoms with Crippen molar-refractivity contribution in [3.05, 3.63) is 16.8 Å². The minimum Gasteiger partial charge on any atom is -0.480 e. The fraction of sp³-hybridized carbons (Fsp3) is 0.583. The standard InChI is InChI=1S/C12H18N2O4/c1-7-8(6-18-12(2,3)4)9(11(15)16)13-14-10(7)17-5/h6H2,1-5H3,(H,15,16). The number of hydrogen-bond donors (Lipinski definition) is 1. The van der Waals surface area contributed by atoms with Crippen LogP contribution in [0.2, 0.25) is 0 Å². The Morgan fingerprint density at radius 1 is 1.33 bits per heavy atom. The minimum atomic E-state index is -1.12. The number of aromatic nitrogens is 2. The monoisotopic (exact) mass is 254 g/mol. The van der Waals surface area contributed by atoms with Crippen LogP contribution in [0, 0.1) is 6.92 Å². The molecule has 0 spiro atoms. The van der Waals surface area contributed by atoms with E-state index in [1.54, 1.807) is 6.92 Å². The van der Waals surface area contributed by atoms with Crippen LogP contribution in [0.15, 0.2) is 0 Å². The van der Waals surface area contributed by atoms with Crippen molar-refractivity contribution in [1.82, 2.24) is 10.2 Å². The van der Waals surface area contributed by atoms with Crippen molar-refractivity contribution < 1.29 is 19.4 Å². The second-order valence-electron chi connectivity index (χ2n) is 4.87. The Hall–Kier alpha value is -1.69. The van der Waals surface area contributed by atoms with Crippen molar-refractivity contribution in [2.45, 2.75) is 39.9 Å². The quantitative estimate of drug-likeness (QED) is 0.882. The van der Waals surface area contributed by atoms with Crippen LogP contribution in [0.3, 0.4) is 0 Å². The Bertz CT molecular complexity index is 452. The summed E-state index contributed by atoms with van der Waals surface area (Å²) in [6, 6.07) is 0. The first-order chi connectivity index (χ1) is 8.26. The van der Waals surface area contributed by atoms with Gasteiger partial charge < -0.3 is 14.6 Å². The lowest BCUT2D eigenvalue weighted by atomic mass is 10.1. The Balaban J connectivity index is 3.16. The molecule has 0 atom stereocenters. The predicted octanol–water partition coefficient (Wildman–Crippen LogP) is 1.81. The number of hydrogen-bond acceptors (Lipinski definition) is 5. The maximum Gasteiger partial charge on any atom is 0.356 e. The lowest BCUT2D eigenvalue weighted by molar-refractivity contribution is -0.0159. The van der Waals surface area contributed by atoms with Gasteiger partial charge in [0.25, 0.3) is 0 Å². The molecule has 0 fully saturated rings. The number of nitrogens with zero attached hydrogens (tertiary/aromatic N) is 2. The molecule has 100 valence electrons. The molecule has 0 bridgehead atoms. The fourth-order valence-corrected chi connectivity index (χ4v) is 1.37. The highest BCUT2D eigenvalue weighted by atomic mass is 16.5. The second-order valence-corrected chi connectivity index (χ2v) is 4.87. The molecule has 6 heteroatoms. The third-order valence-corrected chi connectivity index (χ3v) is 2.35. The van der Waals surface area contributed by atoms with Gasteiger partial charge in [-0.1, -0.05) is 0 Å². The van der Waals surface area contributed by atoms with Gasteiger partial charge in [-0.05, 0) is 27.7 Å². The molecule has 0 aromatic carbocycles. The number of ether oxygens (including phenoxy) is 2. The van der Waals surface area contributed by atoms with E-state index < -0.39 is 5.97 Å². The number of rotatable bonds is 4. The van der Waals surface area contributed by atoms with E-state index >= 15 is 0 Å². The molecule has 1 N–H and O–H groups in total. The average molecular weight is 254 g/mol. The van der Waals surface area contributed by atoms with Crippen LogP contribution in [0.25, 0.3) is 0 Å². The van der Waals surface area contributed by atoms with Gasteiger partial charge in [-0.2, -0.15) is 0 Å². The maximum absolute atomic E-state index is 11.1. The van der Waals surface area contributed by atoms with Crippen molar-refractivity contribution >= 4 is 5.97 Å². The summed E-state index contributed by atoms with van der Waals surface area (Å²) >= 11 is 0. The summed E-state index contributed by atoms with van der Waals surface area (Å²) in [7, 11) is 1.46. The Morgan fingerprint density at radius 2 is 1.94 bits per heavy atom. The number of methoxy groups -OCH3 is 1. The van der Waals surface area contributed by atoms with E-state index in [4.69, 9.17) is 14.6 Å². The van der Waals surface area contributed by atoms with Crippen LogP contribution < -0.4 is 4.74 Å². The molecule has 0 radical (unpaired) electrons. The molecule has 0 aliphatic carbocycles. The van der Waals surface area contributed by atoms with Gasteiger partial charge in [0, 0.05) is 11.1 Å². The molecule has 1 aromatic rings. The molecular formula is C12H18N2O4. The number of carboxylic acid groups (broad SMARTS) is 1. The van der Waals surface area contributed by atoms with E-state index in [1.165, 1.54) is 7.11 Å². The van der Waals surface area contributed by atoms with Crippen molar-refractivity contribution in [3.63, 3.8) is 0 Å². The summed E-state index contributed by atoms with van der Waals surface area (Å²) in [6.45, 7) is 7.59. The topological polar surface area (TPSA) is 81.5 Å². The first-order valence-corrected chi connectivity index (χ1v) is 5.53. The summed E-state index contributed by atoms with van der Waals surface area (Å²) in [5.74, 6) is -0.812. The third-order valence-electron chi connectivity index (χ3n) is 2.35. The van der Waals surface area contributed by atoms with Crippen LogP contribution in [-0.4, -0.2) is 34.0 Å². The molecule has 0 amide bonds. The van der Waals surface area contributed by atoms with E-state index in [2.05, 4.69) is 10.2 Å². The van der Waals surface area contributed by atoms with Gasteiger partial charge in [-0.15, -0.1) is 10.2 Å². The third kappa shape index (κ3) is 3.40. The molecule has 0 saturated carbocycles. The molecule has 1 heterocycles. The van der Waals surface area contributed by atoms with Crippen LogP contribution in [0.5, 0.6) is 5.88 Å². The zero-order chi connectivity index (χ0) is 13.9. The largest absolute Gasteiger partial charge is 0.480 e. The van der Waals surface area contributed by atoms with Gasteiger partial charge in [0.05, 0.1) is 19.3 Å². The Kier molecular flexibility index (Phi) is 4.24. The van der Waals surface area contributed by atoms with Crippen LogP contribution in [-0.2, 0) is 11.3 Å². The summed E-state index contributed by atoms with van der Waals surface area (Å²) in [6.07, 6.45) is 0. The van der Waals surface area contributed by atoms with E-state index in [0.717, 1.165) is 0 Å². The molecule has 0 aliphatic rings. The molecular weight excluding hydrogens is 236 g/mol. The van der Waals surface area contributed by atoms with Gasteiger partial charge in [0.1, 0.15) is 0 Å². The SMILES string of the molecule is COc1nnc(C(=O)O)c(COC(C)(C)C)c1C. The molecule has 1 rings (SSSR count). The average Bonchev–Trinajstić information content (AvgIpc) is 2.25. The summed E-state index contributed by atoms with van der Waals surface area (Å²) in [5.41, 5.74) is 0.662. The molecule has 18 heavy (non-hydrogen) atoms. The van der Waals surface area contributed by atoms with E-state index in [9.17, 15) is 4.79 Å². The van der Waals surface area contributed by atoms with Gasteiger partial charge in [-0.3, -0.25) is 0 Å².